The number of aliphatic hydroxyl groups excluding tert-OH is 1. The summed E-state index contributed by atoms with van der Waals surface area (Å²) in [4.78, 5) is 2.44. The summed E-state index contributed by atoms with van der Waals surface area (Å²) in [6.07, 6.45) is 0.871. The zero-order valence-electron chi connectivity index (χ0n) is 9.33. The Kier molecular flexibility index (Phi) is 3.74. The van der Waals surface area contributed by atoms with Gasteiger partial charge in [-0.25, -0.2) is 0 Å². The third kappa shape index (κ3) is 2.96. The van der Waals surface area contributed by atoms with Gasteiger partial charge in [-0.3, -0.25) is 4.90 Å². The molecule has 2 atom stereocenters. The van der Waals surface area contributed by atoms with Crippen LogP contribution in [0, 0.1) is 11.8 Å². The van der Waals surface area contributed by atoms with Gasteiger partial charge in [-0.15, -0.1) is 0 Å². The van der Waals surface area contributed by atoms with E-state index in [1.54, 1.807) is 0 Å². The molecule has 0 aromatic carbocycles. The molecule has 2 nitrogen and oxygen atoms in total. The van der Waals surface area contributed by atoms with Gasteiger partial charge in [0.2, 0.25) is 0 Å². The molecular weight excluding hydrogens is 162 g/mol. The van der Waals surface area contributed by atoms with E-state index >= 15 is 0 Å². The van der Waals surface area contributed by atoms with Crippen molar-refractivity contribution in [2.75, 3.05) is 13.1 Å². The first-order valence-corrected chi connectivity index (χ1v) is 5.42. The summed E-state index contributed by atoms with van der Waals surface area (Å²) < 4.78 is 0. The van der Waals surface area contributed by atoms with Gasteiger partial charge in [0.1, 0.15) is 0 Å². The molecule has 0 bridgehead atoms. The molecule has 0 spiro atoms. The second-order valence-corrected chi connectivity index (χ2v) is 5.05. The van der Waals surface area contributed by atoms with Crippen molar-refractivity contribution in [1.29, 1.82) is 0 Å². The van der Waals surface area contributed by atoms with Crippen molar-refractivity contribution in [2.45, 2.75) is 46.3 Å². The van der Waals surface area contributed by atoms with Crippen molar-refractivity contribution in [3.8, 4) is 0 Å². The van der Waals surface area contributed by atoms with Crippen LogP contribution in [-0.4, -0.2) is 35.2 Å². The van der Waals surface area contributed by atoms with Crippen LogP contribution >= 0.6 is 0 Å². The summed E-state index contributed by atoms with van der Waals surface area (Å²) in [7, 11) is 0. The van der Waals surface area contributed by atoms with Gasteiger partial charge in [-0.05, 0) is 18.3 Å². The number of hydrogen-bond acceptors (Lipinski definition) is 2. The van der Waals surface area contributed by atoms with Gasteiger partial charge in [0, 0.05) is 19.1 Å². The van der Waals surface area contributed by atoms with Crippen LogP contribution in [0.1, 0.15) is 34.1 Å². The zero-order chi connectivity index (χ0) is 10.0. The summed E-state index contributed by atoms with van der Waals surface area (Å²) in [5, 5.41) is 9.59. The predicted octanol–water partition coefficient (Wildman–Crippen LogP) is 1.73. The van der Waals surface area contributed by atoms with Crippen molar-refractivity contribution >= 4 is 0 Å². The third-order valence-corrected chi connectivity index (χ3v) is 2.80. The summed E-state index contributed by atoms with van der Waals surface area (Å²) in [5.41, 5.74) is 0. The van der Waals surface area contributed by atoms with Crippen LogP contribution in [0.3, 0.4) is 0 Å². The molecule has 1 N–H and O–H groups in total. The number of hydrogen-bond donors (Lipinski definition) is 1. The number of likely N-dealkylation sites (tertiary alicyclic amines) is 1. The van der Waals surface area contributed by atoms with E-state index in [0.717, 1.165) is 19.5 Å². The highest BCUT2D eigenvalue weighted by Gasteiger charge is 2.32. The number of β-amino-alcohol motifs (C(OH)–C–C–N with tert-alkyl or cyclic N) is 1. The lowest BCUT2D eigenvalue weighted by Gasteiger charge is -2.28. The van der Waals surface area contributed by atoms with Crippen molar-refractivity contribution in [1.82, 2.24) is 4.90 Å². The molecule has 78 valence electrons. The van der Waals surface area contributed by atoms with Crippen molar-refractivity contribution in [3.63, 3.8) is 0 Å². The Morgan fingerprint density at radius 1 is 1.31 bits per heavy atom. The van der Waals surface area contributed by atoms with Crippen LogP contribution in [0.5, 0.6) is 0 Å². The van der Waals surface area contributed by atoms with E-state index in [0.29, 0.717) is 17.9 Å². The van der Waals surface area contributed by atoms with Crippen LogP contribution in [0.4, 0.5) is 0 Å². The molecule has 1 saturated heterocycles. The second kappa shape index (κ2) is 4.43. The van der Waals surface area contributed by atoms with Gasteiger partial charge >= 0.3 is 0 Å². The highest BCUT2D eigenvalue weighted by atomic mass is 16.3. The van der Waals surface area contributed by atoms with Crippen LogP contribution in [0.2, 0.25) is 0 Å². The minimum absolute atomic E-state index is 0.0915. The molecule has 13 heavy (non-hydrogen) atoms. The monoisotopic (exact) mass is 185 g/mol. The fraction of sp³-hybridized carbons (Fsp3) is 1.00. The average Bonchev–Trinajstić information content (AvgIpc) is 2.29. The Labute approximate surface area is 81.9 Å². The topological polar surface area (TPSA) is 23.5 Å². The van der Waals surface area contributed by atoms with E-state index in [-0.39, 0.29) is 6.10 Å². The Morgan fingerprint density at radius 2 is 1.92 bits per heavy atom. The summed E-state index contributed by atoms with van der Waals surface area (Å²) in [6, 6.07) is 0.595. The molecule has 1 heterocycles. The van der Waals surface area contributed by atoms with Gasteiger partial charge in [0.15, 0.2) is 0 Å². The average molecular weight is 185 g/mol. The minimum atomic E-state index is -0.0915. The fourth-order valence-corrected chi connectivity index (χ4v) is 2.28. The maximum atomic E-state index is 9.59. The molecular formula is C11H23NO. The normalized spacial score (nSPS) is 30.7. The van der Waals surface area contributed by atoms with Crippen LogP contribution < -0.4 is 0 Å². The van der Waals surface area contributed by atoms with Gasteiger partial charge < -0.3 is 5.11 Å². The lowest BCUT2D eigenvalue weighted by Crippen LogP contribution is -2.36. The molecule has 0 aliphatic carbocycles. The van der Waals surface area contributed by atoms with Gasteiger partial charge in [0.25, 0.3) is 0 Å². The smallest absolute Gasteiger partial charge is 0.0682 e. The minimum Gasteiger partial charge on any atom is -0.392 e. The molecule has 1 aliphatic rings. The summed E-state index contributed by atoms with van der Waals surface area (Å²) >= 11 is 0. The van der Waals surface area contributed by atoms with Crippen molar-refractivity contribution < 1.29 is 5.11 Å². The molecule has 1 fully saturated rings. The molecule has 0 radical (unpaired) electrons. The van der Waals surface area contributed by atoms with E-state index in [9.17, 15) is 5.11 Å². The van der Waals surface area contributed by atoms with Gasteiger partial charge in [-0.1, -0.05) is 27.7 Å². The molecule has 2 heteroatoms. The lowest BCUT2D eigenvalue weighted by atomic mass is 10.0. The van der Waals surface area contributed by atoms with E-state index < -0.39 is 0 Å². The summed E-state index contributed by atoms with van der Waals surface area (Å²) in [5.74, 6) is 1.36. The largest absolute Gasteiger partial charge is 0.392 e. The summed E-state index contributed by atoms with van der Waals surface area (Å²) in [6.45, 7) is 11.0. The van der Waals surface area contributed by atoms with Crippen molar-refractivity contribution in [3.05, 3.63) is 0 Å². The quantitative estimate of drug-likeness (QED) is 0.724. The Bertz CT molecular complexity index is 156. The van der Waals surface area contributed by atoms with E-state index in [2.05, 4.69) is 32.6 Å². The van der Waals surface area contributed by atoms with Gasteiger partial charge in [0.05, 0.1) is 6.10 Å². The second-order valence-electron chi connectivity index (χ2n) is 5.05. The van der Waals surface area contributed by atoms with Crippen molar-refractivity contribution in [2.24, 2.45) is 11.8 Å². The first-order chi connectivity index (χ1) is 6.00. The van der Waals surface area contributed by atoms with E-state index in [1.807, 2.05) is 0 Å². The third-order valence-electron chi connectivity index (χ3n) is 2.80. The molecule has 0 aromatic heterocycles. The predicted molar refractivity (Wildman–Crippen MR) is 55.7 cm³/mol. The van der Waals surface area contributed by atoms with Crippen LogP contribution in [-0.2, 0) is 0 Å². The molecule has 0 saturated carbocycles. The molecule has 1 rings (SSSR count). The number of aliphatic hydroxyl groups is 1. The Balaban J connectivity index is 2.50. The standard InChI is InChI=1S/C11H23NO/c1-8(2)6-12-7-10(13)5-11(12)9(3)4/h8-11,13H,5-7H2,1-4H3/t10-,11-/m0/s1. The van der Waals surface area contributed by atoms with E-state index in [4.69, 9.17) is 0 Å². The van der Waals surface area contributed by atoms with E-state index in [1.165, 1.54) is 0 Å². The lowest BCUT2D eigenvalue weighted by molar-refractivity contribution is 0.162. The highest BCUT2D eigenvalue weighted by Crippen LogP contribution is 2.24. The highest BCUT2D eigenvalue weighted by molar-refractivity contribution is 4.87. The number of rotatable bonds is 3. The molecule has 0 aromatic rings. The Morgan fingerprint density at radius 3 is 2.38 bits per heavy atom. The van der Waals surface area contributed by atoms with Crippen LogP contribution in [0.25, 0.3) is 0 Å². The molecule has 0 unspecified atom stereocenters. The Hall–Kier alpha value is -0.0800. The van der Waals surface area contributed by atoms with Gasteiger partial charge in [-0.2, -0.15) is 0 Å². The first-order valence-electron chi connectivity index (χ1n) is 5.42. The first kappa shape index (κ1) is 11.0. The maximum Gasteiger partial charge on any atom is 0.0682 e. The molecule has 1 aliphatic heterocycles. The maximum absolute atomic E-state index is 9.59. The number of nitrogens with zero attached hydrogens (tertiary/aromatic N) is 1. The SMILES string of the molecule is CC(C)CN1C[C@@H](O)C[C@H]1C(C)C. The molecule has 0 amide bonds. The fourth-order valence-electron chi connectivity index (χ4n) is 2.28. The zero-order valence-corrected chi connectivity index (χ0v) is 9.33. The van der Waals surface area contributed by atoms with Crippen LogP contribution in [0.15, 0.2) is 0 Å².